The number of pyridine rings is 1. The van der Waals surface area contributed by atoms with Crippen LogP contribution in [-0.4, -0.2) is 40.1 Å². The maximum atomic E-state index is 12.3. The normalized spacial score (nSPS) is 10.7. The number of aliphatic hydroxyl groups excluding tert-OH is 1. The summed E-state index contributed by atoms with van der Waals surface area (Å²) in [6.07, 6.45) is 3.09. The quantitative estimate of drug-likeness (QED) is 0.793. The fourth-order valence-corrected chi connectivity index (χ4v) is 2.03. The molecule has 0 atom stereocenters. The van der Waals surface area contributed by atoms with Gasteiger partial charge in [0.25, 0.3) is 11.5 Å². The molecule has 1 aromatic rings. The number of rotatable bonds is 6. The first-order valence-corrected chi connectivity index (χ1v) is 6.25. The van der Waals surface area contributed by atoms with Crippen molar-refractivity contribution in [1.29, 1.82) is 0 Å². The van der Waals surface area contributed by atoms with Crippen LogP contribution in [0.25, 0.3) is 0 Å². The molecule has 18 heavy (non-hydrogen) atoms. The van der Waals surface area contributed by atoms with E-state index in [2.05, 4.69) is 4.98 Å². The van der Waals surface area contributed by atoms with Gasteiger partial charge in [0.2, 0.25) is 0 Å². The highest BCUT2D eigenvalue weighted by Gasteiger charge is 2.23. The van der Waals surface area contributed by atoms with E-state index in [9.17, 15) is 9.59 Å². The molecule has 0 aliphatic rings. The zero-order chi connectivity index (χ0) is 13.5. The molecule has 0 bridgehead atoms. The minimum absolute atomic E-state index is 0.0456. The molecule has 1 rings (SSSR count). The smallest absolute Gasteiger partial charge is 0.260 e. The van der Waals surface area contributed by atoms with Crippen molar-refractivity contribution in [1.82, 2.24) is 9.88 Å². The molecule has 100 valence electrons. The predicted molar refractivity (Wildman–Crippen MR) is 69.6 cm³/mol. The van der Waals surface area contributed by atoms with E-state index in [1.54, 1.807) is 11.0 Å². The number of hydrogen-bond acceptors (Lipinski definition) is 3. The van der Waals surface area contributed by atoms with Gasteiger partial charge in [-0.15, -0.1) is 0 Å². The maximum Gasteiger partial charge on any atom is 0.260 e. The first-order chi connectivity index (χ1) is 8.65. The van der Waals surface area contributed by atoms with Crippen LogP contribution >= 0.6 is 0 Å². The van der Waals surface area contributed by atoms with Gasteiger partial charge < -0.3 is 15.0 Å². The average molecular weight is 252 g/mol. The molecule has 0 aliphatic carbocycles. The van der Waals surface area contributed by atoms with E-state index in [1.165, 1.54) is 12.3 Å². The lowest BCUT2D eigenvalue weighted by molar-refractivity contribution is 0.0620. The second-order valence-electron chi connectivity index (χ2n) is 4.11. The van der Waals surface area contributed by atoms with Crippen LogP contribution in [0.2, 0.25) is 0 Å². The lowest BCUT2D eigenvalue weighted by Crippen LogP contribution is -2.43. The van der Waals surface area contributed by atoms with Crippen molar-refractivity contribution in [3.8, 4) is 0 Å². The minimum atomic E-state index is -0.392. The Balaban J connectivity index is 3.03. The molecule has 0 fully saturated rings. The molecule has 0 aliphatic heterocycles. The number of nitrogens with zero attached hydrogens (tertiary/aromatic N) is 1. The Hall–Kier alpha value is -1.62. The summed E-state index contributed by atoms with van der Waals surface area (Å²) in [6.45, 7) is 4.12. The van der Waals surface area contributed by atoms with Gasteiger partial charge in [0.15, 0.2) is 0 Å². The fourth-order valence-electron chi connectivity index (χ4n) is 2.03. The monoisotopic (exact) mass is 252 g/mol. The van der Waals surface area contributed by atoms with Gasteiger partial charge in [-0.25, -0.2) is 0 Å². The first-order valence-electron chi connectivity index (χ1n) is 6.25. The van der Waals surface area contributed by atoms with E-state index in [-0.39, 0.29) is 30.7 Å². The van der Waals surface area contributed by atoms with Gasteiger partial charge in [-0.3, -0.25) is 9.59 Å². The number of carbonyl (C=O) groups is 1. The molecule has 0 unspecified atom stereocenters. The third kappa shape index (κ3) is 3.20. The zero-order valence-electron chi connectivity index (χ0n) is 10.8. The van der Waals surface area contributed by atoms with Gasteiger partial charge in [0.05, 0.1) is 6.61 Å². The van der Waals surface area contributed by atoms with Crippen LogP contribution in [0.4, 0.5) is 0 Å². The molecule has 5 nitrogen and oxygen atoms in total. The Morgan fingerprint density at radius 3 is 2.61 bits per heavy atom. The summed E-state index contributed by atoms with van der Waals surface area (Å²) in [6, 6.07) is 3.18. The minimum Gasteiger partial charge on any atom is -0.395 e. The second-order valence-corrected chi connectivity index (χ2v) is 4.11. The number of hydrogen-bond donors (Lipinski definition) is 2. The van der Waals surface area contributed by atoms with Crippen LogP contribution in [-0.2, 0) is 0 Å². The van der Waals surface area contributed by atoms with E-state index in [0.717, 1.165) is 12.8 Å². The number of aliphatic hydroxyl groups is 1. The molecule has 1 amide bonds. The van der Waals surface area contributed by atoms with Gasteiger partial charge in [-0.1, -0.05) is 13.8 Å². The van der Waals surface area contributed by atoms with Crippen molar-refractivity contribution >= 4 is 5.91 Å². The largest absolute Gasteiger partial charge is 0.395 e. The third-order valence-corrected chi connectivity index (χ3v) is 3.03. The molecule has 1 heterocycles. The van der Waals surface area contributed by atoms with E-state index in [4.69, 9.17) is 5.11 Å². The zero-order valence-corrected chi connectivity index (χ0v) is 10.8. The summed E-state index contributed by atoms with van der Waals surface area (Å²) in [5.74, 6) is -0.320. The fraction of sp³-hybridized carbons (Fsp3) is 0.538. The third-order valence-electron chi connectivity index (χ3n) is 3.03. The lowest BCUT2D eigenvalue weighted by atomic mass is 10.1. The summed E-state index contributed by atoms with van der Waals surface area (Å²) in [7, 11) is 0. The van der Waals surface area contributed by atoms with Crippen molar-refractivity contribution in [2.75, 3.05) is 13.2 Å². The SMILES string of the molecule is CCC(CC)N(CCO)C(=O)c1ccc[nH]c1=O. The topological polar surface area (TPSA) is 73.4 Å². The Bertz CT molecular complexity index is 438. The molecular weight excluding hydrogens is 232 g/mol. The van der Waals surface area contributed by atoms with Crippen LogP contribution in [0, 0.1) is 0 Å². The number of H-pyrrole nitrogens is 1. The van der Waals surface area contributed by atoms with Gasteiger partial charge in [-0.2, -0.15) is 0 Å². The molecule has 0 aromatic carbocycles. The van der Waals surface area contributed by atoms with E-state index >= 15 is 0 Å². The predicted octanol–water partition coefficient (Wildman–Crippen LogP) is 0.998. The van der Waals surface area contributed by atoms with Crippen molar-refractivity contribution in [2.45, 2.75) is 32.7 Å². The Morgan fingerprint density at radius 2 is 2.11 bits per heavy atom. The standard InChI is InChI=1S/C13H20N2O3/c1-3-10(4-2)15(8-9-16)13(18)11-6-5-7-14-12(11)17/h5-7,10,16H,3-4,8-9H2,1-2H3,(H,14,17). The van der Waals surface area contributed by atoms with Crippen LogP contribution in [0.5, 0.6) is 0 Å². The van der Waals surface area contributed by atoms with Crippen LogP contribution < -0.4 is 5.56 Å². The molecule has 0 saturated heterocycles. The number of aromatic amines is 1. The first kappa shape index (κ1) is 14.4. The van der Waals surface area contributed by atoms with Crippen molar-refractivity contribution < 1.29 is 9.90 Å². The molecule has 0 saturated carbocycles. The van der Waals surface area contributed by atoms with E-state index < -0.39 is 5.56 Å². The molecule has 1 aromatic heterocycles. The summed E-state index contributed by atoms with van der Waals surface area (Å²) < 4.78 is 0. The maximum absolute atomic E-state index is 12.3. The number of aromatic nitrogens is 1. The molecule has 0 spiro atoms. The van der Waals surface area contributed by atoms with Crippen LogP contribution in [0.3, 0.4) is 0 Å². The van der Waals surface area contributed by atoms with Gasteiger partial charge in [-0.05, 0) is 25.0 Å². The van der Waals surface area contributed by atoms with E-state index in [0.29, 0.717) is 0 Å². The van der Waals surface area contributed by atoms with Crippen molar-refractivity contribution in [3.05, 3.63) is 34.2 Å². The summed E-state index contributed by atoms with van der Waals surface area (Å²) in [4.78, 5) is 28.0. The number of nitrogens with one attached hydrogen (secondary N) is 1. The summed E-state index contributed by atoms with van der Waals surface area (Å²) in [5, 5.41) is 9.06. The molecule has 2 N–H and O–H groups in total. The highest BCUT2D eigenvalue weighted by atomic mass is 16.3. The number of carbonyl (C=O) groups excluding carboxylic acids is 1. The van der Waals surface area contributed by atoms with E-state index in [1.807, 2.05) is 13.8 Å². The van der Waals surface area contributed by atoms with Gasteiger partial charge in [0, 0.05) is 18.8 Å². The Kier molecular flexibility index (Phi) is 5.58. The lowest BCUT2D eigenvalue weighted by Gasteiger charge is -2.29. The highest BCUT2D eigenvalue weighted by Crippen LogP contribution is 2.11. The van der Waals surface area contributed by atoms with Crippen molar-refractivity contribution in [3.63, 3.8) is 0 Å². The summed E-state index contributed by atoms with van der Waals surface area (Å²) in [5.41, 5.74) is -0.269. The van der Waals surface area contributed by atoms with Crippen molar-refractivity contribution in [2.24, 2.45) is 0 Å². The molecular formula is C13H20N2O3. The summed E-state index contributed by atoms with van der Waals surface area (Å²) >= 11 is 0. The van der Waals surface area contributed by atoms with Crippen LogP contribution in [0.1, 0.15) is 37.0 Å². The Labute approximate surface area is 106 Å². The molecule has 5 heteroatoms. The van der Waals surface area contributed by atoms with Gasteiger partial charge >= 0.3 is 0 Å². The van der Waals surface area contributed by atoms with Crippen LogP contribution in [0.15, 0.2) is 23.1 Å². The number of amides is 1. The van der Waals surface area contributed by atoms with Gasteiger partial charge in [0.1, 0.15) is 5.56 Å². The molecule has 0 radical (unpaired) electrons. The average Bonchev–Trinajstić information content (AvgIpc) is 2.39. The second kappa shape index (κ2) is 6.96. The Morgan fingerprint density at radius 1 is 1.44 bits per heavy atom. The highest BCUT2D eigenvalue weighted by molar-refractivity contribution is 5.94.